The zero-order valence-corrected chi connectivity index (χ0v) is 15.3. The fraction of sp³-hybridized carbons (Fsp3) is 0.300. The molecule has 0 radical (unpaired) electrons. The van der Waals surface area contributed by atoms with Gasteiger partial charge in [0, 0.05) is 11.3 Å². The molecular weight excluding hydrogens is 350 g/mol. The summed E-state index contributed by atoms with van der Waals surface area (Å²) in [5.41, 5.74) is 2.81. The summed E-state index contributed by atoms with van der Waals surface area (Å²) in [6, 6.07) is 12.8. The molecule has 0 saturated heterocycles. The highest BCUT2D eigenvalue weighted by Gasteiger charge is 2.19. The van der Waals surface area contributed by atoms with E-state index < -0.39 is 12.0 Å². The molecule has 0 fully saturated rings. The van der Waals surface area contributed by atoms with Crippen molar-refractivity contribution in [1.29, 1.82) is 0 Å². The summed E-state index contributed by atoms with van der Waals surface area (Å²) in [4.78, 5) is 24.8. The van der Waals surface area contributed by atoms with E-state index in [2.05, 4.69) is 5.32 Å². The fourth-order valence-electron chi connectivity index (χ4n) is 3.04. The standard InChI is InChI=1S/C20H21NO4S/c1-26-16-5-3-14(4-6-16)17(12-20(23)24)21-19(22)11-13-2-7-18-15(10-13)8-9-25-18/h2-7,10,17H,8-9,11-12H2,1H3,(H,21,22)(H,23,24). The van der Waals surface area contributed by atoms with Crippen LogP contribution in [0, 0.1) is 0 Å². The highest BCUT2D eigenvalue weighted by Crippen LogP contribution is 2.26. The van der Waals surface area contributed by atoms with Crippen molar-refractivity contribution >= 4 is 23.6 Å². The van der Waals surface area contributed by atoms with Gasteiger partial charge < -0.3 is 15.2 Å². The number of rotatable bonds is 7. The number of carbonyl (C=O) groups is 2. The van der Waals surface area contributed by atoms with Crippen LogP contribution < -0.4 is 10.1 Å². The first-order valence-electron chi connectivity index (χ1n) is 8.45. The molecule has 0 bridgehead atoms. The van der Waals surface area contributed by atoms with Crippen molar-refractivity contribution in [2.24, 2.45) is 0 Å². The topological polar surface area (TPSA) is 75.6 Å². The average Bonchev–Trinajstić information content (AvgIpc) is 3.08. The van der Waals surface area contributed by atoms with Crippen LogP contribution in [-0.2, 0) is 22.4 Å². The number of aliphatic carboxylic acids is 1. The van der Waals surface area contributed by atoms with E-state index in [0.717, 1.165) is 33.8 Å². The van der Waals surface area contributed by atoms with Crippen LogP contribution >= 0.6 is 11.8 Å². The zero-order valence-electron chi connectivity index (χ0n) is 14.5. The van der Waals surface area contributed by atoms with Crippen LogP contribution in [0.1, 0.15) is 29.2 Å². The third-order valence-corrected chi connectivity index (χ3v) is 5.09. The first kappa shape index (κ1) is 18.3. The molecule has 2 N–H and O–H groups in total. The number of carboxylic acids is 1. The van der Waals surface area contributed by atoms with Crippen LogP contribution in [0.3, 0.4) is 0 Å². The summed E-state index contributed by atoms with van der Waals surface area (Å²) >= 11 is 1.61. The third-order valence-electron chi connectivity index (χ3n) is 4.35. The molecule has 136 valence electrons. The number of ether oxygens (including phenoxy) is 1. The molecule has 1 aliphatic heterocycles. The molecule has 0 saturated carbocycles. The number of benzene rings is 2. The van der Waals surface area contributed by atoms with Gasteiger partial charge in [-0.15, -0.1) is 11.8 Å². The molecule has 0 aromatic heterocycles. The molecule has 3 rings (SSSR count). The number of nitrogens with one attached hydrogen (secondary N) is 1. The first-order valence-corrected chi connectivity index (χ1v) is 9.67. The van der Waals surface area contributed by atoms with Gasteiger partial charge in [-0.1, -0.05) is 24.3 Å². The van der Waals surface area contributed by atoms with E-state index in [1.54, 1.807) is 11.8 Å². The zero-order chi connectivity index (χ0) is 18.5. The lowest BCUT2D eigenvalue weighted by atomic mass is 10.0. The highest BCUT2D eigenvalue weighted by atomic mass is 32.2. The Balaban J connectivity index is 1.69. The molecule has 1 heterocycles. The van der Waals surface area contributed by atoms with E-state index in [-0.39, 0.29) is 18.7 Å². The molecule has 2 aromatic rings. The van der Waals surface area contributed by atoms with Gasteiger partial charge in [-0.3, -0.25) is 9.59 Å². The number of carboxylic acid groups (broad SMARTS) is 1. The third kappa shape index (κ3) is 4.58. The minimum Gasteiger partial charge on any atom is -0.493 e. The van der Waals surface area contributed by atoms with Crippen molar-refractivity contribution in [2.45, 2.75) is 30.2 Å². The van der Waals surface area contributed by atoms with Crippen molar-refractivity contribution in [3.8, 4) is 5.75 Å². The predicted octanol–water partition coefficient (Wildman–Crippen LogP) is 3.22. The Bertz CT molecular complexity index is 804. The molecule has 0 aliphatic carbocycles. The minimum atomic E-state index is -0.945. The molecule has 6 heteroatoms. The number of fused-ring (bicyclic) bond motifs is 1. The smallest absolute Gasteiger partial charge is 0.305 e. The summed E-state index contributed by atoms with van der Waals surface area (Å²) in [6.07, 6.45) is 2.90. The molecule has 1 unspecified atom stereocenters. The van der Waals surface area contributed by atoms with Gasteiger partial charge in [-0.2, -0.15) is 0 Å². The van der Waals surface area contributed by atoms with Gasteiger partial charge in [-0.05, 0) is 41.1 Å². The van der Waals surface area contributed by atoms with E-state index in [9.17, 15) is 14.7 Å². The Kier molecular flexibility index (Phi) is 5.83. The van der Waals surface area contributed by atoms with Crippen LogP contribution in [-0.4, -0.2) is 29.8 Å². The largest absolute Gasteiger partial charge is 0.493 e. The van der Waals surface area contributed by atoms with Crippen LogP contribution in [0.25, 0.3) is 0 Å². The normalized spacial score (nSPS) is 13.6. The lowest BCUT2D eigenvalue weighted by Crippen LogP contribution is -2.31. The van der Waals surface area contributed by atoms with Crippen LogP contribution in [0.5, 0.6) is 5.75 Å². The monoisotopic (exact) mass is 371 g/mol. The van der Waals surface area contributed by atoms with Crippen LogP contribution in [0.2, 0.25) is 0 Å². The average molecular weight is 371 g/mol. The molecule has 1 amide bonds. The molecule has 1 atom stereocenters. The first-order chi connectivity index (χ1) is 12.5. The van der Waals surface area contributed by atoms with Crippen molar-refractivity contribution in [1.82, 2.24) is 5.32 Å². The lowest BCUT2D eigenvalue weighted by Gasteiger charge is -2.18. The number of thioether (sulfide) groups is 1. The number of amides is 1. The Morgan fingerprint density at radius 3 is 2.69 bits per heavy atom. The van der Waals surface area contributed by atoms with Gasteiger partial charge >= 0.3 is 5.97 Å². The van der Waals surface area contributed by atoms with Crippen LogP contribution in [0.15, 0.2) is 47.4 Å². The Hall–Kier alpha value is -2.47. The number of carbonyl (C=O) groups excluding carboxylic acids is 1. The SMILES string of the molecule is CSc1ccc(C(CC(=O)O)NC(=O)Cc2ccc3c(c2)CCO3)cc1. The maximum Gasteiger partial charge on any atom is 0.305 e. The summed E-state index contributed by atoms with van der Waals surface area (Å²) < 4.78 is 5.48. The molecule has 26 heavy (non-hydrogen) atoms. The van der Waals surface area contributed by atoms with Gasteiger partial charge in [-0.25, -0.2) is 0 Å². The van der Waals surface area contributed by atoms with Crippen molar-refractivity contribution in [2.75, 3.05) is 12.9 Å². The minimum absolute atomic E-state index is 0.150. The summed E-state index contributed by atoms with van der Waals surface area (Å²) in [6.45, 7) is 0.678. The maximum atomic E-state index is 12.5. The second-order valence-corrected chi connectivity index (χ2v) is 7.09. The second-order valence-electron chi connectivity index (χ2n) is 6.21. The van der Waals surface area contributed by atoms with Gasteiger partial charge in [0.1, 0.15) is 5.75 Å². The fourth-order valence-corrected chi connectivity index (χ4v) is 3.45. The Morgan fingerprint density at radius 1 is 1.23 bits per heavy atom. The van der Waals surface area contributed by atoms with Crippen molar-refractivity contribution in [3.05, 3.63) is 59.2 Å². The highest BCUT2D eigenvalue weighted by molar-refractivity contribution is 7.98. The van der Waals surface area contributed by atoms with E-state index in [1.165, 1.54) is 0 Å². The molecule has 5 nitrogen and oxygen atoms in total. The second kappa shape index (κ2) is 8.27. The van der Waals surface area contributed by atoms with Crippen LogP contribution in [0.4, 0.5) is 0 Å². The molecule has 0 spiro atoms. The van der Waals surface area contributed by atoms with Gasteiger partial charge in [0.05, 0.1) is 25.5 Å². The molecular formula is C20H21NO4S. The number of hydrogen-bond acceptors (Lipinski definition) is 4. The summed E-state index contributed by atoms with van der Waals surface area (Å²) in [5.74, 6) is -0.255. The van der Waals surface area contributed by atoms with E-state index >= 15 is 0 Å². The molecule has 2 aromatic carbocycles. The van der Waals surface area contributed by atoms with E-state index in [1.807, 2.05) is 48.7 Å². The summed E-state index contributed by atoms with van der Waals surface area (Å²) in [5, 5.41) is 12.0. The van der Waals surface area contributed by atoms with Gasteiger partial charge in [0.15, 0.2) is 0 Å². The van der Waals surface area contributed by atoms with E-state index in [4.69, 9.17) is 4.74 Å². The van der Waals surface area contributed by atoms with Gasteiger partial charge in [0.25, 0.3) is 0 Å². The Labute approximate surface area is 156 Å². The van der Waals surface area contributed by atoms with E-state index in [0.29, 0.717) is 6.61 Å². The molecule has 1 aliphatic rings. The number of hydrogen-bond donors (Lipinski definition) is 2. The van der Waals surface area contributed by atoms with Crippen molar-refractivity contribution < 1.29 is 19.4 Å². The van der Waals surface area contributed by atoms with Crippen molar-refractivity contribution in [3.63, 3.8) is 0 Å². The summed E-state index contributed by atoms with van der Waals surface area (Å²) in [7, 11) is 0. The maximum absolute atomic E-state index is 12.5. The quantitative estimate of drug-likeness (QED) is 0.731. The van der Waals surface area contributed by atoms with Gasteiger partial charge in [0.2, 0.25) is 5.91 Å². The Morgan fingerprint density at radius 2 is 2.00 bits per heavy atom. The lowest BCUT2D eigenvalue weighted by molar-refractivity contribution is -0.137. The predicted molar refractivity (Wildman–Crippen MR) is 101 cm³/mol.